The Morgan fingerprint density at radius 2 is 1.12 bits per heavy atom. The van der Waals surface area contributed by atoms with Crippen LogP contribution >= 0.6 is 0 Å². The average Bonchev–Trinajstić information content (AvgIpc) is 2.73. The number of amides is 2. The van der Waals surface area contributed by atoms with Crippen molar-refractivity contribution >= 4 is 11.8 Å². The molecule has 1 atom stereocenters. The maximum absolute atomic E-state index is 13.6. The molecule has 2 N–H and O–H groups in total. The molecule has 172 valence electrons. The number of hydrogen-bond acceptors (Lipinski definition) is 2. The normalized spacial score (nSPS) is 49.8. The highest BCUT2D eigenvalue weighted by Crippen LogP contribution is 2.61. The van der Waals surface area contributed by atoms with Crippen molar-refractivity contribution in [1.82, 2.24) is 10.6 Å². The Bertz CT molecular complexity index is 829. The van der Waals surface area contributed by atoms with Crippen LogP contribution in [0.4, 0.5) is 0 Å². The molecule has 9 rings (SSSR count). The van der Waals surface area contributed by atoms with Crippen molar-refractivity contribution in [2.24, 2.45) is 46.3 Å². The van der Waals surface area contributed by atoms with Gasteiger partial charge < -0.3 is 10.6 Å². The predicted octanol–water partition coefficient (Wildman–Crippen LogP) is 4.86. The molecule has 0 aromatic heterocycles. The molecule has 0 aromatic rings. The summed E-state index contributed by atoms with van der Waals surface area (Å²) in [7, 11) is 0. The minimum Gasteiger partial charge on any atom is -0.344 e. The monoisotopic (exact) mass is 434 g/mol. The van der Waals surface area contributed by atoms with Crippen molar-refractivity contribution in [3.8, 4) is 0 Å². The first kappa shape index (κ1) is 19.9. The summed E-state index contributed by atoms with van der Waals surface area (Å²) in [5.74, 6) is 5.07. The van der Waals surface area contributed by atoms with E-state index < -0.39 is 0 Å². The third-order valence-electron chi connectivity index (χ3n) is 10.7. The third-order valence-corrected chi connectivity index (χ3v) is 10.7. The molecule has 1 unspecified atom stereocenters. The summed E-state index contributed by atoms with van der Waals surface area (Å²) in [6.07, 6.45) is 21.8. The van der Waals surface area contributed by atoms with E-state index in [1.807, 2.05) is 0 Å². The highest BCUT2D eigenvalue weighted by atomic mass is 16.2. The lowest BCUT2D eigenvalue weighted by molar-refractivity contribution is -0.147. The maximum Gasteiger partial charge on any atom is 0.230 e. The van der Waals surface area contributed by atoms with Gasteiger partial charge in [0.2, 0.25) is 11.8 Å². The highest BCUT2D eigenvalue weighted by Gasteiger charge is 2.56. The molecule has 0 saturated heterocycles. The van der Waals surface area contributed by atoms with Gasteiger partial charge in [-0.3, -0.25) is 9.59 Å². The van der Waals surface area contributed by atoms with Gasteiger partial charge >= 0.3 is 0 Å². The van der Waals surface area contributed by atoms with Gasteiger partial charge in [-0.1, -0.05) is 18.2 Å². The van der Waals surface area contributed by atoms with E-state index in [4.69, 9.17) is 0 Å². The van der Waals surface area contributed by atoms with Crippen LogP contribution in [0.25, 0.3) is 0 Å². The van der Waals surface area contributed by atoms with Gasteiger partial charge in [0.15, 0.2) is 0 Å². The SMILES string of the molecule is O=C(NC1=CCC=CC1NC(=O)C12CC3CC(CC(C3)C1)C2)C12CC3CC(CC(C3)C1)C2. The van der Waals surface area contributed by atoms with Crippen molar-refractivity contribution in [2.75, 3.05) is 0 Å². The molecule has 0 radical (unpaired) electrons. The summed E-state index contributed by atoms with van der Waals surface area (Å²) in [6, 6.07) is -0.179. The number of allylic oxidation sites excluding steroid dienone is 2. The standard InChI is InChI=1S/C28H38N2O2/c31-25(27-11-17-5-18(12-27)7-19(6-17)13-27)29-23-3-1-2-4-24(23)30-26(32)28-14-20-8-21(15-28)10-22(9-20)16-28/h1,3-4,17-23H,2,5-16H2,(H,29,31)(H,30,32). The van der Waals surface area contributed by atoms with Crippen LogP contribution < -0.4 is 10.6 Å². The minimum atomic E-state index is -0.179. The molecular formula is C28H38N2O2. The van der Waals surface area contributed by atoms with Gasteiger partial charge in [-0.2, -0.15) is 0 Å². The molecule has 8 fully saturated rings. The lowest BCUT2D eigenvalue weighted by atomic mass is 9.49. The van der Waals surface area contributed by atoms with Gasteiger partial charge in [0.25, 0.3) is 0 Å². The molecule has 8 saturated carbocycles. The number of hydrogen-bond donors (Lipinski definition) is 2. The van der Waals surface area contributed by atoms with Gasteiger partial charge in [-0.25, -0.2) is 0 Å². The molecule has 0 spiro atoms. The molecule has 8 bridgehead atoms. The zero-order valence-electron chi connectivity index (χ0n) is 19.3. The van der Waals surface area contributed by atoms with E-state index in [9.17, 15) is 9.59 Å². The smallest absolute Gasteiger partial charge is 0.230 e. The quantitative estimate of drug-likeness (QED) is 0.621. The van der Waals surface area contributed by atoms with Crippen LogP contribution in [0.1, 0.15) is 83.5 Å². The Morgan fingerprint density at radius 1 is 0.688 bits per heavy atom. The number of rotatable bonds is 4. The van der Waals surface area contributed by atoms with Crippen LogP contribution in [-0.4, -0.2) is 17.9 Å². The molecule has 9 aliphatic rings. The van der Waals surface area contributed by atoms with E-state index in [1.54, 1.807) is 0 Å². The molecule has 4 nitrogen and oxygen atoms in total. The van der Waals surface area contributed by atoms with E-state index in [2.05, 4.69) is 28.9 Å². The highest BCUT2D eigenvalue weighted by molar-refractivity contribution is 5.86. The molecule has 0 aliphatic heterocycles. The Balaban J connectivity index is 1.06. The van der Waals surface area contributed by atoms with Crippen LogP contribution in [0, 0.1) is 46.3 Å². The van der Waals surface area contributed by atoms with E-state index in [1.165, 1.54) is 38.5 Å². The summed E-state index contributed by atoms with van der Waals surface area (Å²) in [5, 5.41) is 6.76. The number of carbonyl (C=O) groups is 2. The lowest BCUT2D eigenvalue weighted by Gasteiger charge is -2.56. The Kier molecular flexibility index (Phi) is 4.32. The van der Waals surface area contributed by atoms with E-state index in [0.29, 0.717) is 0 Å². The molecule has 4 heteroatoms. The second kappa shape index (κ2) is 6.96. The van der Waals surface area contributed by atoms with Crippen molar-refractivity contribution in [2.45, 2.75) is 89.5 Å². The second-order valence-electron chi connectivity index (χ2n) is 13.1. The fourth-order valence-electron chi connectivity index (χ4n) is 10.2. The van der Waals surface area contributed by atoms with E-state index >= 15 is 0 Å². The molecule has 2 amide bonds. The van der Waals surface area contributed by atoms with Gasteiger partial charge in [0.1, 0.15) is 0 Å². The zero-order chi connectivity index (χ0) is 21.5. The summed E-state index contributed by atoms with van der Waals surface area (Å²) >= 11 is 0. The largest absolute Gasteiger partial charge is 0.344 e. The molecular weight excluding hydrogens is 396 g/mol. The van der Waals surface area contributed by atoms with Crippen molar-refractivity contribution < 1.29 is 9.59 Å². The molecule has 9 aliphatic carbocycles. The van der Waals surface area contributed by atoms with Gasteiger partial charge in [0, 0.05) is 11.1 Å². The lowest BCUT2D eigenvalue weighted by Crippen LogP contribution is -2.57. The van der Waals surface area contributed by atoms with Crippen LogP contribution in [0.2, 0.25) is 0 Å². The third kappa shape index (κ3) is 3.07. The Labute approximate surface area is 192 Å². The topological polar surface area (TPSA) is 58.2 Å². The first-order chi connectivity index (χ1) is 15.5. The van der Waals surface area contributed by atoms with E-state index in [-0.39, 0.29) is 28.7 Å². The fourth-order valence-corrected chi connectivity index (χ4v) is 10.2. The summed E-state index contributed by atoms with van der Waals surface area (Å²) in [4.78, 5) is 27.3. The first-order valence-corrected chi connectivity index (χ1v) is 13.5. The van der Waals surface area contributed by atoms with Crippen LogP contribution in [0.3, 0.4) is 0 Å². The minimum absolute atomic E-state index is 0.144. The second-order valence-corrected chi connectivity index (χ2v) is 13.1. The van der Waals surface area contributed by atoms with Gasteiger partial charge in [-0.15, -0.1) is 0 Å². The summed E-state index contributed by atoms with van der Waals surface area (Å²) in [5.41, 5.74) is 0.631. The molecule has 0 aromatic carbocycles. The van der Waals surface area contributed by atoms with Gasteiger partial charge in [-0.05, 0) is 119 Å². The first-order valence-electron chi connectivity index (χ1n) is 13.5. The van der Waals surface area contributed by atoms with Crippen molar-refractivity contribution in [1.29, 1.82) is 0 Å². The maximum atomic E-state index is 13.6. The van der Waals surface area contributed by atoms with Crippen molar-refractivity contribution in [3.63, 3.8) is 0 Å². The molecule has 0 heterocycles. The predicted molar refractivity (Wildman–Crippen MR) is 123 cm³/mol. The van der Waals surface area contributed by atoms with Crippen LogP contribution in [0.15, 0.2) is 23.9 Å². The number of carbonyl (C=O) groups excluding carboxylic acids is 2. The Morgan fingerprint density at radius 3 is 1.59 bits per heavy atom. The summed E-state index contributed by atoms with van der Waals surface area (Å²) in [6.45, 7) is 0. The average molecular weight is 435 g/mol. The zero-order valence-corrected chi connectivity index (χ0v) is 19.3. The van der Waals surface area contributed by atoms with E-state index in [0.717, 1.165) is 86.2 Å². The van der Waals surface area contributed by atoms with Gasteiger partial charge in [0.05, 0.1) is 11.5 Å². The Hall–Kier alpha value is -1.58. The van der Waals surface area contributed by atoms with Crippen LogP contribution in [-0.2, 0) is 9.59 Å². The van der Waals surface area contributed by atoms with Crippen LogP contribution in [0.5, 0.6) is 0 Å². The molecule has 32 heavy (non-hydrogen) atoms. The fraction of sp³-hybridized carbons (Fsp3) is 0.786. The van der Waals surface area contributed by atoms with Crippen molar-refractivity contribution in [3.05, 3.63) is 23.9 Å². The number of nitrogens with one attached hydrogen (secondary N) is 2. The summed E-state index contributed by atoms with van der Waals surface area (Å²) < 4.78 is 0.